The zero-order valence-corrected chi connectivity index (χ0v) is 23.4. The van der Waals surface area contributed by atoms with Gasteiger partial charge in [0.05, 0.1) is 6.04 Å². The molecule has 1 aliphatic rings. The molecule has 1 aliphatic heterocycles. The van der Waals surface area contributed by atoms with Crippen molar-refractivity contribution < 1.29 is 14.3 Å². The molecule has 8 heteroatoms. The maximum absolute atomic E-state index is 13.7. The molecular formula is C29H34ClN3O3S. The van der Waals surface area contributed by atoms with Crippen LogP contribution in [0.25, 0.3) is 0 Å². The van der Waals surface area contributed by atoms with Crippen LogP contribution >= 0.6 is 22.9 Å². The first kappa shape index (κ1) is 27.0. The molecule has 3 aromatic rings. The molecule has 2 atom stereocenters. The van der Waals surface area contributed by atoms with Gasteiger partial charge < -0.3 is 19.9 Å². The lowest BCUT2D eigenvalue weighted by molar-refractivity contribution is -0.135. The zero-order chi connectivity index (χ0) is 26.5. The van der Waals surface area contributed by atoms with Gasteiger partial charge >= 0.3 is 6.03 Å². The van der Waals surface area contributed by atoms with Gasteiger partial charge in [0.1, 0.15) is 18.9 Å². The van der Waals surface area contributed by atoms with Crippen LogP contribution in [0.4, 0.5) is 10.5 Å². The van der Waals surface area contributed by atoms with Crippen molar-refractivity contribution in [3.8, 4) is 5.75 Å². The molecule has 0 unspecified atom stereocenters. The molecule has 0 radical (unpaired) electrons. The van der Waals surface area contributed by atoms with Crippen LogP contribution in [0.15, 0.2) is 53.9 Å². The van der Waals surface area contributed by atoms with E-state index < -0.39 is 0 Å². The molecule has 37 heavy (non-hydrogen) atoms. The molecule has 0 spiro atoms. The Bertz CT molecular complexity index is 1240. The van der Waals surface area contributed by atoms with E-state index in [0.29, 0.717) is 23.9 Å². The number of rotatable bonds is 8. The highest BCUT2D eigenvalue weighted by Crippen LogP contribution is 2.34. The van der Waals surface area contributed by atoms with Crippen LogP contribution in [0.2, 0.25) is 5.02 Å². The molecule has 2 heterocycles. The number of benzene rings is 2. The fraction of sp³-hybridized carbons (Fsp3) is 0.379. The van der Waals surface area contributed by atoms with E-state index in [1.807, 2.05) is 75.1 Å². The van der Waals surface area contributed by atoms with Crippen molar-refractivity contribution in [3.63, 3.8) is 0 Å². The van der Waals surface area contributed by atoms with Gasteiger partial charge in [0.15, 0.2) is 0 Å². The topological polar surface area (TPSA) is 61.9 Å². The Kier molecular flexibility index (Phi) is 8.77. The second-order valence-corrected chi connectivity index (χ2v) is 11.0. The third-order valence-electron chi connectivity index (χ3n) is 6.94. The Morgan fingerprint density at radius 1 is 1.19 bits per heavy atom. The van der Waals surface area contributed by atoms with Gasteiger partial charge in [-0.2, -0.15) is 0 Å². The number of aryl methyl sites for hydroxylation is 2. The molecule has 6 nitrogen and oxygen atoms in total. The summed E-state index contributed by atoms with van der Waals surface area (Å²) in [5, 5.41) is 5.71. The standard InChI is InChI=1S/C29H34ClN3O3S/c1-5-21(4)33(29(35)31-22-8-6-19(2)7-9-22)17-28(34)32-14-12-27-24(13-15-37-27)26(32)18-36-23-10-11-25(30)20(3)16-23/h6-11,13,15-16,21,26H,5,12,14,17-18H2,1-4H3,(H,31,35)/t21-,26+/m1/s1. The third-order valence-corrected chi connectivity index (χ3v) is 8.37. The lowest BCUT2D eigenvalue weighted by Gasteiger charge is -2.38. The number of carbonyl (C=O) groups excluding carboxylic acids is 2. The maximum atomic E-state index is 13.7. The second kappa shape index (κ2) is 12.0. The summed E-state index contributed by atoms with van der Waals surface area (Å²) in [7, 11) is 0. The summed E-state index contributed by atoms with van der Waals surface area (Å²) < 4.78 is 6.16. The highest BCUT2D eigenvalue weighted by atomic mass is 35.5. The summed E-state index contributed by atoms with van der Waals surface area (Å²) >= 11 is 7.88. The normalized spacial score (nSPS) is 15.6. The Morgan fingerprint density at radius 2 is 1.95 bits per heavy atom. The van der Waals surface area contributed by atoms with Crippen LogP contribution in [0.3, 0.4) is 0 Å². The summed E-state index contributed by atoms with van der Waals surface area (Å²) in [6.45, 7) is 8.85. The minimum absolute atomic E-state index is 0.00270. The van der Waals surface area contributed by atoms with Crippen LogP contribution in [0.5, 0.6) is 5.75 Å². The molecule has 2 aromatic carbocycles. The van der Waals surface area contributed by atoms with Crippen molar-refractivity contribution in [2.24, 2.45) is 0 Å². The van der Waals surface area contributed by atoms with Gasteiger partial charge in [-0.15, -0.1) is 11.3 Å². The summed E-state index contributed by atoms with van der Waals surface area (Å²) in [6, 6.07) is 14.7. The summed E-state index contributed by atoms with van der Waals surface area (Å²) in [4.78, 5) is 31.7. The fourth-order valence-corrected chi connectivity index (χ4v) is 5.52. The van der Waals surface area contributed by atoms with Crippen molar-refractivity contribution >= 4 is 40.6 Å². The SMILES string of the molecule is CC[C@@H](C)N(CC(=O)N1CCc2sccc2[C@@H]1COc1ccc(Cl)c(C)c1)C(=O)Nc1ccc(C)cc1. The van der Waals surface area contributed by atoms with E-state index >= 15 is 0 Å². The highest BCUT2D eigenvalue weighted by Gasteiger charge is 2.34. The molecule has 0 fully saturated rings. The van der Waals surface area contributed by atoms with Crippen molar-refractivity contribution in [2.45, 2.75) is 52.6 Å². The number of urea groups is 1. The number of ether oxygens (including phenoxy) is 1. The van der Waals surface area contributed by atoms with E-state index in [9.17, 15) is 9.59 Å². The van der Waals surface area contributed by atoms with Gasteiger partial charge in [0.25, 0.3) is 0 Å². The van der Waals surface area contributed by atoms with E-state index in [-0.39, 0.29) is 30.6 Å². The summed E-state index contributed by atoms with van der Waals surface area (Å²) in [6.07, 6.45) is 1.54. The van der Waals surface area contributed by atoms with Crippen molar-refractivity contribution in [2.75, 3.05) is 25.0 Å². The number of nitrogens with zero attached hydrogens (tertiary/aromatic N) is 2. The average Bonchev–Trinajstić information content (AvgIpc) is 3.37. The number of anilines is 1. The number of nitrogens with one attached hydrogen (secondary N) is 1. The van der Waals surface area contributed by atoms with E-state index in [2.05, 4.69) is 16.8 Å². The number of hydrogen-bond donors (Lipinski definition) is 1. The quantitative estimate of drug-likeness (QED) is 0.340. The number of hydrogen-bond acceptors (Lipinski definition) is 4. The molecule has 196 valence electrons. The molecule has 0 saturated heterocycles. The molecule has 1 aromatic heterocycles. The lowest BCUT2D eigenvalue weighted by atomic mass is 10.00. The molecule has 3 amide bonds. The minimum Gasteiger partial charge on any atom is -0.491 e. The molecule has 0 saturated carbocycles. The minimum atomic E-state index is -0.274. The zero-order valence-electron chi connectivity index (χ0n) is 21.8. The smallest absolute Gasteiger partial charge is 0.322 e. The maximum Gasteiger partial charge on any atom is 0.322 e. The average molecular weight is 540 g/mol. The summed E-state index contributed by atoms with van der Waals surface area (Å²) in [5.41, 5.74) is 3.89. The van der Waals surface area contributed by atoms with Crippen LogP contribution in [-0.2, 0) is 11.2 Å². The Morgan fingerprint density at radius 3 is 2.65 bits per heavy atom. The fourth-order valence-electron chi connectivity index (χ4n) is 4.47. The van der Waals surface area contributed by atoms with Crippen LogP contribution in [0, 0.1) is 13.8 Å². The Labute approximate surface area is 228 Å². The monoisotopic (exact) mass is 539 g/mol. The molecule has 0 aliphatic carbocycles. The van der Waals surface area contributed by atoms with Gasteiger partial charge in [0.2, 0.25) is 5.91 Å². The molecule has 4 rings (SSSR count). The first-order valence-electron chi connectivity index (χ1n) is 12.7. The van der Waals surface area contributed by atoms with Crippen LogP contribution < -0.4 is 10.1 Å². The van der Waals surface area contributed by atoms with E-state index in [1.165, 1.54) is 4.88 Å². The van der Waals surface area contributed by atoms with Crippen molar-refractivity contribution in [1.29, 1.82) is 0 Å². The number of thiophene rings is 1. The number of amides is 3. The molecule has 1 N–H and O–H groups in total. The predicted octanol–water partition coefficient (Wildman–Crippen LogP) is 6.86. The van der Waals surface area contributed by atoms with E-state index in [1.54, 1.807) is 16.2 Å². The van der Waals surface area contributed by atoms with Crippen molar-refractivity contribution in [1.82, 2.24) is 9.80 Å². The van der Waals surface area contributed by atoms with E-state index in [0.717, 1.165) is 35.3 Å². The molecular weight excluding hydrogens is 506 g/mol. The van der Waals surface area contributed by atoms with Crippen molar-refractivity contribution in [3.05, 3.63) is 80.5 Å². The lowest BCUT2D eigenvalue weighted by Crippen LogP contribution is -2.50. The van der Waals surface area contributed by atoms with Crippen LogP contribution in [-0.4, -0.2) is 47.5 Å². The second-order valence-electron chi connectivity index (χ2n) is 9.56. The van der Waals surface area contributed by atoms with Gasteiger partial charge in [-0.25, -0.2) is 4.79 Å². The van der Waals surface area contributed by atoms with E-state index in [4.69, 9.17) is 16.3 Å². The first-order valence-corrected chi connectivity index (χ1v) is 13.9. The molecule has 0 bridgehead atoms. The van der Waals surface area contributed by atoms with Gasteiger partial charge in [-0.1, -0.05) is 36.2 Å². The Balaban J connectivity index is 1.51. The van der Waals surface area contributed by atoms with Gasteiger partial charge in [-0.3, -0.25) is 4.79 Å². The first-order chi connectivity index (χ1) is 17.8. The Hall–Kier alpha value is -3.03. The number of halogens is 1. The van der Waals surface area contributed by atoms with Gasteiger partial charge in [0, 0.05) is 28.2 Å². The van der Waals surface area contributed by atoms with Gasteiger partial charge in [-0.05, 0) is 86.5 Å². The summed E-state index contributed by atoms with van der Waals surface area (Å²) in [5.74, 6) is 0.632. The van der Waals surface area contributed by atoms with Crippen LogP contribution in [0.1, 0.15) is 47.9 Å². The number of carbonyl (C=O) groups is 2. The highest BCUT2D eigenvalue weighted by molar-refractivity contribution is 7.10. The predicted molar refractivity (Wildman–Crippen MR) is 151 cm³/mol. The number of fused-ring (bicyclic) bond motifs is 1. The third kappa shape index (κ3) is 6.46. The largest absolute Gasteiger partial charge is 0.491 e.